The predicted molar refractivity (Wildman–Crippen MR) is 113 cm³/mol. The SMILES string of the molecule is COc1cccc(/C=C/C(=O)Nc2ccc(Oc3cccnc3)c(C)c2)c1OC(F)F. The van der Waals surface area contributed by atoms with Gasteiger partial charge in [0.1, 0.15) is 11.5 Å². The second-order valence-corrected chi connectivity index (χ2v) is 6.35. The molecule has 160 valence electrons. The first kappa shape index (κ1) is 21.8. The number of pyridine rings is 1. The van der Waals surface area contributed by atoms with Crippen molar-refractivity contribution in [2.75, 3.05) is 12.4 Å². The van der Waals surface area contributed by atoms with Crippen molar-refractivity contribution in [3.63, 3.8) is 0 Å². The van der Waals surface area contributed by atoms with Crippen molar-refractivity contribution in [3.8, 4) is 23.0 Å². The molecule has 0 saturated carbocycles. The molecule has 31 heavy (non-hydrogen) atoms. The normalized spacial score (nSPS) is 10.9. The summed E-state index contributed by atoms with van der Waals surface area (Å²) in [7, 11) is 1.35. The molecule has 2 aromatic carbocycles. The van der Waals surface area contributed by atoms with E-state index >= 15 is 0 Å². The number of aromatic nitrogens is 1. The molecule has 0 aliphatic carbocycles. The Morgan fingerprint density at radius 3 is 2.65 bits per heavy atom. The van der Waals surface area contributed by atoms with Crippen LogP contribution in [0.1, 0.15) is 11.1 Å². The van der Waals surface area contributed by atoms with Crippen LogP contribution in [-0.2, 0) is 4.79 Å². The second kappa shape index (κ2) is 10.2. The Kier molecular flexibility index (Phi) is 7.16. The highest BCUT2D eigenvalue weighted by molar-refractivity contribution is 6.02. The zero-order valence-electron chi connectivity index (χ0n) is 16.8. The fourth-order valence-electron chi connectivity index (χ4n) is 2.77. The standard InChI is InChI=1S/C23H20F2N2O4/c1-15-13-17(9-10-19(15)30-18-6-4-12-26-14-18)27-21(28)11-8-16-5-3-7-20(29-2)22(16)31-23(24)25/h3-14,23H,1-2H3,(H,27,28)/b11-8+. The number of nitrogens with zero attached hydrogens (tertiary/aromatic N) is 1. The van der Waals surface area contributed by atoms with Gasteiger partial charge in [-0.3, -0.25) is 9.78 Å². The van der Waals surface area contributed by atoms with Gasteiger partial charge < -0.3 is 19.5 Å². The molecule has 6 nitrogen and oxygen atoms in total. The molecule has 1 heterocycles. The lowest BCUT2D eigenvalue weighted by Gasteiger charge is -2.12. The number of para-hydroxylation sites is 1. The number of carbonyl (C=O) groups is 1. The number of alkyl halides is 2. The third-order valence-corrected chi connectivity index (χ3v) is 4.16. The summed E-state index contributed by atoms with van der Waals surface area (Å²) >= 11 is 0. The molecule has 1 N–H and O–H groups in total. The number of anilines is 1. The van der Waals surface area contributed by atoms with E-state index in [9.17, 15) is 13.6 Å². The molecule has 0 fully saturated rings. The first-order chi connectivity index (χ1) is 15.0. The molecule has 8 heteroatoms. The maximum atomic E-state index is 12.7. The summed E-state index contributed by atoms with van der Waals surface area (Å²) in [5.41, 5.74) is 1.65. The van der Waals surface area contributed by atoms with Crippen molar-refractivity contribution in [2.45, 2.75) is 13.5 Å². The minimum absolute atomic E-state index is 0.141. The van der Waals surface area contributed by atoms with Gasteiger partial charge in [0.05, 0.1) is 13.3 Å². The van der Waals surface area contributed by atoms with E-state index in [1.54, 1.807) is 54.9 Å². The molecule has 0 radical (unpaired) electrons. The van der Waals surface area contributed by atoms with Gasteiger partial charge in [0.25, 0.3) is 0 Å². The lowest BCUT2D eigenvalue weighted by molar-refractivity contribution is -0.111. The first-order valence-electron chi connectivity index (χ1n) is 9.25. The van der Waals surface area contributed by atoms with Gasteiger partial charge >= 0.3 is 6.61 Å². The third kappa shape index (κ3) is 6.02. The van der Waals surface area contributed by atoms with Gasteiger partial charge in [0, 0.05) is 23.5 Å². The molecule has 0 atom stereocenters. The molecule has 0 saturated heterocycles. The number of ether oxygens (including phenoxy) is 3. The van der Waals surface area contributed by atoms with E-state index in [1.165, 1.54) is 25.3 Å². The molecular weight excluding hydrogens is 406 g/mol. The number of aryl methyl sites for hydroxylation is 1. The first-order valence-corrected chi connectivity index (χ1v) is 9.25. The molecule has 0 aliphatic rings. The van der Waals surface area contributed by atoms with Gasteiger partial charge in [-0.1, -0.05) is 12.1 Å². The molecule has 0 spiro atoms. The van der Waals surface area contributed by atoms with Crippen molar-refractivity contribution in [1.29, 1.82) is 0 Å². The predicted octanol–water partition coefficient (Wildman–Crippen LogP) is 5.44. The van der Waals surface area contributed by atoms with Crippen LogP contribution in [0, 0.1) is 6.92 Å². The van der Waals surface area contributed by atoms with Crippen LogP contribution < -0.4 is 19.5 Å². The lowest BCUT2D eigenvalue weighted by Crippen LogP contribution is -2.08. The summed E-state index contributed by atoms with van der Waals surface area (Å²) in [5, 5.41) is 2.72. The molecule has 0 unspecified atom stereocenters. The summed E-state index contributed by atoms with van der Waals surface area (Å²) in [5.74, 6) is 0.794. The zero-order chi connectivity index (χ0) is 22.2. The molecule has 1 aromatic heterocycles. The van der Waals surface area contributed by atoms with E-state index in [0.717, 1.165) is 5.56 Å². The van der Waals surface area contributed by atoms with E-state index in [-0.39, 0.29) is 17.1 Å². The van der Waals surface area contributed by atoms with Crippen LogP contribution in [0.15, 0.2) is 67.0 Å². The van der Waals surface area contributed by atoms with Crippen LogP contribution in [0.3, 0.4) is 0 Å². The van der Waals surface area contributed by atoms with E-state index in [2.05, 4.69) is 15.0 Å². The quantitative estimate of drug-likeness (QED) is 0.486. The fourth-order valence-corrected chi connectivity index (χ4v) is 2.77. The molecule has 3 aromatic rings. The Morgan fingerprint density at radius 2 is 1.97 bits per heavy atom. The van der Waals surface area contributed by atoms with Gasteiger partial charge in [-0.05, 0) is 55.0 Å². The number of hydrogen-bond donors (Lipinski definition) is 1. The molecule has 1 amide bonds. The summed E-state index contributed by atoms with van der Waals surface area (Å²) < 4.78 is 40.8. The molecule has 3 rings (SSSR count). The van der Waals surface area contributed by atoms with Crippen LogP contribution in [-0.4, -0.2) is 24.6 Å². The maximum Gasteiger partial charge on any atom is 0.387 e. The summed E-state index contributed by atoms with van der Waals surface area (Å²) in [6.07, 6.45) is 5.86. The van der Waals surface area contributed by atoms with Crippen molar-refractivity contribution in [1.82, 2.24) is 4.98 Å². The Labute approximate surface area is 178 Å². The van der Waals surface area contributed by atoms with Crippen LogP contribution in [0.25, 0.3) is 6.08 Å². The number of nitrogens with one attached hydrogen (secondary N) is 1. The Morgan fingerprint density at radius 1 is 1.13 bits per heavy atom. The van der Waals surface area contributed by atoms with E-state index < -0.39 is 12.5 Å². The molecular formula is C23H20F2N2O4. The number of halogens is 2. The summed E-state index contributed by atoms with van der Waals surface area (Å²) in [4.78, 5) is 16.3. The highest BCUT2D eigenvalue weighted by atomic mass is 19.3. The topological polar surface area (TPSA) is 69.7 Å². The van der Waals surface area contributed by atoms with Crippen LogP contribution in [0.4, 0.5) is 14.5 Å². The number of hydrogen-bond acceptors (Lipinski definition) is 5. The molecule has 0 aliphatic heterocycles. The number of carbonyl (C=O) groups excluding carboxylic acids is 1. The highest BCUT2D eigenvalue weighted by Crippen LogP contribution is 2.33. The van der Waals surface area contributed by atoms with Gasteiger partial charge in [0.2, 0.25) is 5.91 Å². The number of amides is 1. The van der Waals surface area contributed by atoms with Gasteiger partial charge in [0.15, 0.2) is 11.5 Å². The Hall–Kier alpha value is -3.94. The average Bonchev–Trinajstić information content (AvgIpc) is 2.75. The van der Waals surface area contributed by atoms with E-state index in [1.807, 2.05) is 6.92 Å². The number of methoxy groups -OCH3 is 1. The lowest BCUT2D eigenvalue weighted by atomic mass is 10.1. The smallest absolute Gasteiger partial charge is 0.387 e. The van der Waals surface area contributed by atoms with Crippen LogP contribution in [0.2, 0.25) is 0 Å². The zero-order valence-corrected chi connectivity index (χ0v) is 16.8. The van der Waals surface area contributed by atoms with Crippen molar-refractivity contribution >= 4 is 17.7 Å². The second-order valence-electron chi connectivity index (χ2n) is 6.35. The molecule has 0 bridgehead atoms. The summed E-state index contributed by atoms with van der Waals surface area (Å²) in [6.45, 7) is -1.17. The van der Waals surface area contributed by atoms with Gasteiger partial charge in [-0.15, -0.1) is 0 Å². The average molecular weight is 426 g/mol. The summed E-state index contributed by atoms with van der Waals surface area (Å²) in [6, 6.07) is 13.4. The Bertz CT molecular complexity index is 1070. The Balaban J connectivity index is 1.70. The van der Waals surface area contributed by atoms with Gasteiger partial charge in [-0.2, -0.15) is 8.78 Å². The number of rotatable bonds is 8. The maximum absolute atomic E-state index is 12.7. The van der Waals surface area contributed by atoms with Crippen molar-refractivity contribution < 1.29 is 27.8 Å². The third-order valence-electron chi connectivity index (χ3n) is 4.16. The van der Waals surface area contributed by atoms with Crippen molar-refractivity contribution in [2.24, 2.45) is 0 Å². The van der Waals surface area contributed by atoms with Crippen LogP contribution >= 0.6 is 0 Å². The number of benzene rings is 2. The largest absolute Gasteiger partial charge is 0.493 e. The monoisotopic (exact) mass is 426 g/mol. The van der Waals surface area contributed by atoms with Gasteiger partial charge in [-0.25, -0.2) is 0 Å². The van der Waals surface area contributed by atoms with Crippen molar-refractivity contribution in [3.05, 3.63) is 78.1 Å². The van der Waals surface area contributed by atoms with Crippen LogP contribution in [0.5, 0.6) is 23.0 Å². The highest BCUT2D eigenvalue weighted by Gasteiger charge is 2.14. The van der Waals surface area contributed by atoms with E-state index in [0.29, 0.717) is 17.2 Å². The minimum atomic E-state index is -3.02. The fraction of sp³-hybridized carbons (Fsp3) is 0.130. The van der Waals surface area contributed by atoms with E-state index in [4.69, 9.17) is 9.47 Å². The minimum Gasteiger partial charge on any atom is -0.493 e.